The van der Waals surface area contributed by atoms with Crippen LogP contribution in [0.5, 0.6) is 5.75 Å². The van der Waals surface area contributed by atoms with Crippen molar-refractivity contribution in [2.75, 3.05) is 24.6 Å². The largest absolute Gasteiger partial charge is 0.492 e. The fourth-order valence-corrected chi connectivity index (χ4v) is 4.11. The minimum atomic E-state index is -0.150. The summed E-state index contributed by atoms with van der Waals surface area (Å²) in [5, 5.41) is 5.89. The lowest BCUT2D eigenvalue weighted by atomic mass is 9.99. The average molecular weight is 377 g/mol. The van der Waals surface area contributed by atoms with Gasteiger partial charge in [-0.05, 0) is 25.0 Å². The van der Waals surface area contributed by atoms with Gasteiger partial charge < -0.3 is 9.64 Å². The molecule has 130 valence electrons. The number of piperidine rings is 1. The maximum Gasteiger partial charge on any atom is 0.275 e. The van der Waals surface area contributed by atoms with Gasteiger partial charge >= 0.3 is 0 Å². The van der Waals surface area contributed by atoms with Gasteiger partial charge in [0.25, 0.3) is 5.56 Å². The molecule has 6 nitrogen and oxygen atoms in total. The predicted octanol–water partition coefficient (Wildman–Crippen LogP) is 3.10. The third-order valence-electron chi connectivity index (χ3n) is 4.26. The van der Waals surface area contributed by atoms with Crippen LogP contribution in [0, 0.1) is 5.92 Å². The molecule has 0 saturated carbocycles. The second kappa shape index (κ2) is 7.01. The van der Waals surface area contributed by atoms with E-state index in [1.807, 2.05) is 24.3 Å². The minimum absolute atomic E-state index is 0.150. The fraction of sp³-hybridized carbons (Fsp3) is 0.353. The number of anilines is 1. The van der Waals surface area contributed by atoms with Gasteiger partial charge in [-0.15, -0.1) is 5.10 Å². The van der Waals surface area contributed by atoms with Crippen molar-refractivity contribution in [3.05, 3.63) is 51.9 Å². The zero-order chi connectivity index (χ0) is 17.2. The first-order valence-corrected chi connectivity index (χ1v) is 9.37. The van der Waals surface area contributed by atoms with Crippen molar-refractivity contribution in [3.63, 3.8) is 0 Å². The van der Waals surface area contributed by atoms with E-state index in [0.717, 1.165) is 36.8 Å². The number of ether oxygens (including phenoxy) is 1. The van der Waals surface area contributed by atoms with Gasteiger partial charge in [0.15, 0.2) is 0 Å². The lowest BCUT2D eigenvalue weighted by molar-refractivity contribution is 0.229. The molecule has 0 amide bonds. The Morgan fingerprint density at radius 1 is 1.32 bits per heavy atom. The van der Waals surface area contributed by atoms with E-state index in [9.17, 15) is 4.79 Å². The molecule has 4 rings (SSSR count). The fourth-order valence-electron chi connectivity index (χ4n) is 3.01. The molecule has 0 bridgehead atoms. The molecule has 1 fully saturated rings. The van der Waals surface area contributed by atoms with Crippen molar-refractivity contribution in [2.45, 2.75) is 12.8 Å². The van der Waals surface area contributed by atoms with Crippen LogP contribution >= 0.6 is 22.9 Å². The van der Waals surface area contributed by atoms with Gasteiger partial charge in [-0.25, -0.2) is 4.98 Å². The zero-order valence-electron chi connectivity index (χ0n) is 13.5. The molecule has 1 aliphatic heterocycles. The van der Waals surface area contributed by atoms with Crippen LogP contribution in [0.15, 0.2) is 41.3 Å². The first kappa shape index (κ1) is 16.4. The molecule has 2 aromatic heterocycles. The second-order valence-corrected chi connectivity index (χ2v) is 7.40. The Hall–Kier alpha value is -2.12. The number of halogens is 1. The number of aromatic nitrogens is 3. The first-order chi connectivity index (χ1) is 12.2. The van der Waals surface area contributed by atoms with Crippen molar-refractivity contribution in [2.24, 2.45) is 5.92 Å². The van der Waals surface area contributed by atoms with E-state index in [2.05, 4.69) is 15.0 Å². The molecule has 1 unspecified atom stereocenters. The van der Waals surface area contributed by atoms with E-state index >= 15 is 0 Å². The number of hydrogen-bond donors (Lipinski definition) is 0. The topological polar surface area (TPSA) is 59.7 Å². The Balaban J connectivity index is 1.46. The number of fused-ring (bicyclic) bond motifs is 1. The van der Waals surface area contributed by atoms with E-state index in [1.54, 1.807) is 0 Å². The van der Waals surface area contributed by atoms with Crippen LogP contribution in [-0.2, 0) is 0 Å². The highest BCUT2D eigenvalue weighted by Gasteiger charge is 2.23. The normalized spacial score (nSPS) is 17.8. The van der Waals surface area contributed by atoms with Crippen LogP contribution in [0.1, 0.15) is 12.8 Å². The summed E-state index contributed by atoms with van der Waals surface area (Å²) in [5.41, 5.74) is -0.150. The van der Waals surface area contributed by atoms with E-state index in [1.165, 1.54) is 28.1 Å². The second-order valence-electron chi connectivity index (χ2n) is 6.06. The zero-order valence-corrected chi connectivity index (χ0v) is 15.0. The average Bonchev–Trinajstić information content (AvgIpc) is 3.07. The number of hydrogen-bond acceptors (Lipinski definition) is 6. The highest BCUT2D eigenvalue weighted by molar-refractivity contribution is 7.20. The van der Waals surface area contributed by atoms with Crippen LogP contribution in [0.2, 0.25) is 5.02 Å². The van der Waals surface area contributed by atoms with Crippen LogP contribution < -0.4 is 15.2 Å². The summed E-state index contributed by atoms with van der Waals surface area (Å²) >= 11 is 7.59. The molecule has 0 spiro atoms. The molecule has 25 heavy (non-hydrogen) atoms. The highest BCUT2D eigenvalue weighted by Crippen LogP contribution is 2.28. The SMILES string of the molecule is O=c1ccnc2sc(N3CCCC(COc4ccccc4Cl)C3)nn12. The number of benzene rings is 1. The van der Waals surface area contributed by atoms with E-state index in [4.69, 9.17) is 16.3 Å². The third-order valence-corrected chi connectivity index (χ3v) is 5.56. The van der Waals surface area contributed by atoms with Crippen LogP contribution in [0.4, 0.5) is 5.13 Å². The molecule has 0 N–H and O–H groups in total. The summed E-state index contributed by atoms with van der Waals surface area (Å²) in [6.07, 6.45) is 3.69. The van der Waals surface area contributed by atoms with Gasteiger partial charge in [-0.1, -0.05) is 35.1 Å². The number of nitrogens with zero attached hydrogens (tertiary/aromatic N) is 4. The molecule has 1 aromatic carbocycles. The van der Waals surface area contributed by atoms with Gasteiger partial charge in [-0.3, -0.25) is 4.79 Å². The van der Waals surface area contributed by atoms with Crippen molar-refractivity contribution < 1.29 is 4.74 Å². The maximum atomic E-state index is 11.8. The highest BCUT2D eigenvalue weighted by atomic mass is 35.5. The van der Waals surface area contributed by atoms with Crippen LogP contribution in [0.25, 0.3) is 4.96 Å². The summed E-state index contributed by atoms with van der Waals surface area (Å²) in [7, 11) is 0. The molecular formula is C17H17ClN4O2S. The molecule has 1 saturated heterocycles. The smallest absolute Gasteiger partial charge is 0.275 e. The van der Waals surface area contributed by atoms with Crippen LogP contribution in [0.3, 0.4) is 0 Å². The van der Waals surface area contributed by atoms with Crippen molar-refractivity contribution in [1.29, 1.82) is 0 Å². The maximum absolute atomic E-state index is 11.8. The van der Waals surface area contributed by atoms with E-state index in [0.29, 0.717) is 22.5 Å². The van der Waals surface area contributed by atoms with Gasteiger partial charge in [0.1, 0.15) is 5.75 Å². The van der Waals surface area contributed by atoms with Crippen LogP contribution in [-0.4, -0.2) is 34.3 Å². The molecular weight excluding hydrogens is 360 g/mol. The van der Waals surface area contributed by atoms with E-state index < -0.39 is 0 Å². The van der Waals surface area contributed by atoms with Gasteiger partial charge in [0, 0.05) is 31.3 Å². The summed E-state index contributed by atoms with van der Waals surface area (Å²) in [6, 6.07) is 8.94. The third kappa shape index (κ3) is 3.48. The van der Waals surface area contributed by atoms with E-state index in [-0.39, 0.29) is 5.56 Å². The standard InChI is InChI=1S/C17H17ClN4O2S/c18-13-5-1-2-6-14(13)24-11-12-4-3-9-21(10-12)17-20-22-15(23)7-8-19-16(22)25-17/h1-2,5-8,12H,3-4,9-11H2. The van der Waals surface area contributed by atoms with Gasteiger partial charge in [0.2, 0.25) is 10.1 Å². The lowest BCUT2D eigenvalue weighted by Gasteiger charge is -2.32. The molecule has 0 aliphatic carbocycles. The Morgan fingerprint density at radius 2 is 2.20 bits per heavy atom. The van der Waals surface area contributed by atoms with Crippen molar-refractivity contribution >= 4 is 33.0 Å². The monoisotopic (exact) mass is 376 g/mol. The van der Waals surface area contributed by atoms with Gasteiger partial charge in [-0.2, -0.15) is 4.52 Å². The lowest BCUT2D eigenvalue weighted by Crippen LogP contribution is -2.37. The molecule has 1 aliphatic rings. The predicted molar refractivity (Wildman–Crippen MR) is 99.0 cm³/mol. The molecule has 3 aromatic rings. The summed E-state index contributed by atoms with van der Waals surface area (Å²) in [6.45, 7) is 2.39. The minimum Gasteiger partial charge on any atom is -0.492 e. The van der Waals surface area contributed by atoms with Gasteiger partial charge in [0.05, 0.1) is 11.6 Å². The molecule has 8 heteroatoms. The van der Waals surface area contributed by atoms with Crippen molar-refractivity contribution in [1.82, 2.24) is 14.6 Å². The summed E-state index contributed by atoms with van der Waals surface area (Å²) in [5.74, 6) is 1.11. The van der Waals surface area contributed by atoms with Crippen molar-refractivity contribution in [3.8, 4) is 5.75 Å². The summed E-state index contributed by atoms with van der Waals surface area (Å²) < 4.78 is 7.26. The molecule has 1 atom stereocenters. The summed E-state index contributed by atoms with van der Waals surface area (Å²) in [4.78, 5) is 18.9. The first-order valence-electron chi connectivity index (χ1n) is 8.18. The number of para-hydroxylation sites is 1. The Bertz CT molecular complexity index is 942. The Kier molecular flexibility index (Phi) is 4.59. The Morgan fingerprint density at radius 3 is 3.04 bits per heavy atom. The molecule has 0 radical (unpaired) electrons. The number of rotatable bonds is 4. The Labute approximate surface area is 153 Å². The molecule has 3 heterocycles. The quantitative estimate of drug-likeness (QED) is 0.700.